The van der Waals surface area contributed by atoms with Crippen LogP contribution < -0.4 is 10.6 Å². The molecule has 0 aliphatic carbocycles. The van der Waals surface area contributed by atoms with E-state index in [1.54, 1.807) is 18.2 Å². The molecule has 1 atom stereocenters. The van der Waals surface area contributed by atoms with Gasteiger partial charge in [-0.05, 0) is 74.4 Å². The van der Waals surface area contributed by atoms with Crippen LogP contribution in [0, 0.1) is 0 Å². The van der Waals surface area contributed by atoms with Gasteiger partial charge in [-0.15, -0.1) is 0 Å². The number of nitrogens with one attached hydrogen (secondary N) is 3. The first-order chi connectivity index (χ1) is 19.9. The quantitative estimate of drug-likeness (QED) is 0.171. The molecule has 1 unspecified atom stereocenters. The highest BCUT2D eigenvalue weighted by Gasteiger charge is 2.37. The number of hydrogen-bond acceptors (Lipinski definition) is 6. The Bertz CT molecular complexity index is 1480. The number of nitrogens with zero attached hydrogens (tertiary/aromatic N) is 2. The van der Waals surface area contributed by atoms with Crippen LogP contribution >= 0.6 is 0 Å². The predicted molar refractivity (Wildman–Crippen MR) is 157 cm³/mol. The van der Waals surface area contributed by atoms with E-state index in [1.807, 2.05) is 18.2 Å². The Labute approximate surface area is 243 Å². The summed E-state index contributed by atoms with van der Waals surface area (Å²) in [5.41, 5.74) is 4.75. The van der Waals surface area contributed by atoms with E-state index in [0.29, 0.717) is 24.3 Å². The molecule has 0 radical (unpaired) electrons. The third kappa shape index (κ3) is 9.30. The van der Waals surface area contributed by atoms with Crippen LogP contribution in [0.15, 0.2) is 60.8 Å². The number of carbonyl (C=O) groups excluding carboxylic acids is 3. The van der Waals surface area contributed by atoms with Gasteiger partial charge in [-0.25, -0.2) is 14.4 Å². The minimum atomic E-state index is -1.26. The third-order valence-electron chi connectivity index (χ3n) is 6.39. The first-order valence-corrected chi connectivity index (χ1v) is 13.3. The van der Waals surface area contributed by atoms with Crippen molar-refractivity contribution in [1.82, 2.24) is 20.1 Å². The van der Waals surface area contributed by atoms with E-state index >= 15 is 0 Å². The van der Waals surface area contributed by atoms with Crippen molar-refractivity contribution >= 4 is 46.4 Å². The van der Waals surface area contributed by atoms with Crippen LogP contribution in [0.2, 0.25) is 0 Å². The molecule has 1 saturated heterocycles. The van der Waals surface area contributed by atoms with E-state index < -0.39 is 24.0 Å². The molecule has 0 saturated carbocycles. The van der Waals surface area contributed by atoms with Crippen LogP contribution in [0.5, 0.6) is 0 Å². The lowest BCUT2D eigenvalue weighted by atomic mass is 10.0. The Kier molecular flexibility index (Phi) is 11.0. The summed E-state index contributed by atoms with van der Waals surface area (Å²) in [6, 6.07) is 12.3. The first kappa shape index (κ1) is 31.6. The molecule has 2 heterocycles. The van der Waals surface area contributed by atoms with Gasteiger partial charge in [0.1, 0.15) is 6.04 Å². The number of H-pyrrole nitrogens is 1. The SMILES string of the molecule is CC(=O)Nc1cccc(CN2C(=O)NC(Cc3ccc4[nH]cc(CCCN(C)C)c4c3)C2=O)c1.O=C(O)/C=C\C(=O)O. The van der Waals surface area contributed by atoms with Gasteiger partial charge in [0, 0.05) is 48.3 Å². The molecule has 12 heteroatoms. The maximum Gasteiger partial charge on any atom is 0.328 e. The molecule has 0 bridgehead atoms. The van der Waals surface area contributed by atoms with Crippen LogP contribution in [0.1, 0.15) is 30.0 Å². The van der Waals surface area contributed by atoms with E-state index in [1.165, 1.54) is 22.8 Å². The number of fused-ring (bicyclic) bond motifs is 1. The summed E-state index contributed by atoms with van der Waals surface area (Å²) in [6.45, 7) is 2.62. The van der Waals surface area contributed by atoms with Gasteiger partial charge in [0.15, 0.2) is 0 Å². The van der Waals surface area contributed by atoms with Gasteiger partial charge < -0.3 is 30.7 Å². The van der Waals surface area contributed by atoms with Crippen molar-refractivity contribution in [3.8, 4) is 0 Å². The van der Waals surface area contributed by atoms with Crippen LogP contribution in [0.4, 0.5) is 10.5 Å². The summed E-state index contributed by atoms with van der Waals surface area (Å²) in [4.78, 5) is 62.8. The number of benzene rings is 2. The molecule has 5 N–H and O–H groups in total. The van der Waals surface area contributed by atoms with E-state index in [9.17, 15) is 24.0 Å². The first-order valence-electron chi connectivity index (χ1n) is 13.3. The van der Waals surface area contributed by atoms with Crippen molar-refractivity contribution < 1.29 is 34.2 Å². The Morgan fingerprint density at radius 2 is 1.74 bits per heavy atom. The number of carbonyl (C=O) groups is 5. The van der Waals surface area contributed by atoms with E-state index in [2.05, 4.69) is 46.9 Å². The zero-order chi connectivity index (χ0) is 30.8. The highest BCUT2D eigenvalue weighted by atomic mass is 16.4. The lowest BCUT2D eigenvalue weighted by Gasteiger charge is -2.14. The normalized spacial score (nSPS) is 14.7. The summed E-state index contributed by atoms with van der Waals surface area (Å²) in [7, 11) is 4.15. The number of amides is 4. The number of urea groups is 1. The van der Waals surface area contributed by atoms with Crippen molar-refractivity contribution in [2.75, 3.05) is 26.0 Å². The lowest BCUT2D eigenvalue weighted by Crippen LogP contribution is -2.32. The summed E-state index contributed by atoms with van der Waals surface area (Å²) < 4.78 is 0. The highest BCUT2D eigenvalue weighted by molar-refractivity contribution is 6.04. The molecule has 4 rings (SSSR count). The number of anilines is 1. The fourth-order valence-electron chi connectivity index (χ4n) is 4.52. The number of imide groups is 1. The summed E-state index contributed by atoms with van der Waals surface area (Å²) >= 11 is 0. The molecule has 222 valence electrons. The van der Waals surface area contributed by atoms with Gasteiger partial charge in [0.05, 0.1) is 6.54 Å². The van der Waals surface area contributed by atoms with Crippen molar-refractivity contribution in [1.29, 1.82) is 0 Å². The Morgan fingerprint density at radius 1 is 1.02 bits per heavy atom. The molecule has 3 aromatic rings. The van der Waals surface area contributed by atoms with Crippen LogP contribution in [-0.2, 0) is 38.6 Å². The van der Waals surface area contributed by atoms with Gasteiger partial charge in [0.25, 0.3) is 5.91 Å². The van der Waals surface area contributed by atoms with Gasteiger partial charge in [-0.1, -0.05) is 18.2 Å². The van der Waals surface area contributed by atoms with Crippen molar-refractivity contribution in [2.45, 2.75) is 38.8 Å². The van der Waals surface area contributed by atoms with E-state index in [-0.39, 0.29) is 18.4 Å². The fourth-order valence-corrected chi connectivity index (χ4v) is 4.52. The molecule has 1 aliphatic rings. The number of carboxylic acids is 2. The minimum Gasteiger partial charge on any atom is -0.478 e. The summed E-state index contributed by atoms with van der Waals surface area (Å²) in [6.07, 6.45) is 5.66. The number of aryl methyl sites for hydroxylation is 1. The Balaban J connectivity index is 0.000000531. The molecule has 1 fully saturated rings. The van der Waals surface area contributed by atoms with Crippen LogP contribution in [0.25, 0.3) is 10.9 Å². The standard InChI is InChI=1S/C26H31N5O3.C4H4O4/c1-17(32)28-21-8-4-6-19(12-21)16-31-25(33)24(29-26(31)34)14-18-9-10-23-22(13-18)20(15-27-23)7-5-11-30(2)3;5-3(6)1-2-4(7)8/h4,6,8-10,12-13,15,24,27H,5,7,11,14,16H2,1-3H3,(H,28,32)(H,29,34);1-2H,(H,5,6)(H,7,8)/b;2-1-. The summed E-state index contributed by atoms with van der Waals surface area (Å²) in [5, 5.41) is 22.3. The predicted octanol–water partition coefficient (Wildman–Crippen LogP) is 3.00. The molecule has 2 aromatic carbocycles. The molecule has 1 aliphatic heterocycles. The van der Waals surface area contributed by atoms with Crippen molar-refractivity contribution in [3.63, 3.8) is 0 Å². The number of rotatable bonds is 11. The number of aromatic nitrogens is 1. The smallest absolute Gasteiger partial charge is 0.328 e. The lowest BCUT2D eigenvalue weighted by molar-refractivity contribution is -0.134. The second-order valence-corrected chi connectivity index (χ2v) is 10.1. The molecule has 0 spiro atoms. The van der Waals surface area contributed by atoms with Gasteiger partial charge >= 0.3 is 18.0 Å². The molecule has 4 amide bonds. The Morgan fingerprint density at radius 3 is 2.38 bits per heavy atom. The van der Waals surface area contributed by atoms with Gasteiger partial charge in [-0.3, -0.25) is 14.5 Å². The highest BCUT2D eigenvalue weighted by Crippen LogP contribution is 2.23. The Hall–Kier alpha value is -4.97. The topological polar surface area (TPSA) is 172 Å². The summed E-state index contributed by atoms with van der Waals surface area (Å²) in [5.74, 6) is -2.93. The fraction of sp³-hybridized carbons (Fsp3) is 0.300. The van der Waals surface area contributed by atoms with Crippen molar-refractivity contribution in [3.05, 3.63) is 77.5 Å². The molecule has 42 heavy (non-hydrogen) atoms. The zero-order valence-corrected chi connectivity index (χ0v) is 23.7. The van der Waals surface area contributed by atoms with E-state index in [0.717, 1.165) is 36.0 Å². The van der Waals surface area contributed by atoms with Crippen molar-refractivity contribution in [2.24, 2.45) is 0 Å². The molecule has 1 aromatic heterocycles. The number of aromatic amines is 1. The average molecular weight is 578 g/mol. The van der Waals surface area contributed by atoms with E-state index in [4.69, 9.17) is 10.2 Å². The maximum atomic E-state index is 13.0. The molecular formula is C30H35N5O7. The monoisotopic (exact) mass is 577 g/mol. The zero-order valence-electron chi connectivity index (χ0n) is 23.7. The second-order valence-electron chi connectivity index (χ2n) is 10.1. The number of hydrogen-bond donors (Lipinski definition) is 5. The van der Waals surface area contributed by atoms with Gasteiger partial charge in [-0.2, -0.15) is 0 Å². The molecular weight excluding hydrogens is 542 g/mol. The largest absolute Gasteiger partial charge is 0.478 e. The number of carboxylic acid groups (broad SMARTS) is 2. The third-order valence-corrected chi connectivity index (χ3v) is 6.39. The maximum absolute atomic E-state index is 13.0. The average Bonchev–Trinajstić information content (AvgIpc) is 3.43. The second kappa shape index (κ2) is 14.6. The molecule has 12 nitrogen and oxygen atoms in total. The van der Waals surface area contributed by atoms with Gasteiger partial charge in [0.2, 0.25) is 5.91 Å². The minimum absolute atomic E-state index is 0.154. The van der Waals surface area contributed by atoms with Crippen LogP contribution in [0.3, 0.4) is 0 Å². The van der Waals surface area contributed by atoms with Crippen LogP contribution in [-0.4, -0.2) is 81.5 Å². The number of aliphatic carboxylic acids is 2.